The van der Waals surface area contributed by atoms with Crippen LogP contribution in [-0.4, -0.2) is 18.2 Å². The highest BCUT2D eigenvalue weighted by Gasteiger charge is 2.58. The first kappa shape index (κ1) is 10.5. The smallest absolute Gasteiger partial charge is 0.302 e. The molecular weight excluding hydrogens is 207 g/mol. The second-order valence-electron chi connectivity index (χ2n) is 6.39. The predicted octanol–water partition coefficient (Wildman–Crippen LogP) is 2.86. The average Bonchev–Trinajstić information content (AvgIpc) is 2.10. The highest BCUT2D eigenvalue weighted by atomic mass is 19.1. The van der Waals surface area contributed by atoms with Gasteiger partial charge in [0.25, 0.3) is 0 Å². The fourth-order valence-electron chi connectivity index (χ4n) is 4.76. The van der Waals surface area contributed by atoms with Crippen molar-refractivity contribution in [3.63, 3.8) is 0 Å². The van der Waals surface area contributed by atoms with Crippen LogP contribution in [0.4, 0.5) is 4.39 Å². The lowest BCUT2D eigenvalue weighted by atomic mass is 9.49. The monoisotopic (exact) mass is 226 g/mol. The van der Waals surface area contributed by atoms with Crippen molar-refractivity contribution in [3.05, 3.63) is 0 Å². The van der Waals surface area contributed by atoms with Crippen molar-refractivity contribution in [2.45, 2.75) is 51.1 Å². The predicted molar refractivity (Wildman–Crippen MR) is 57.6 cm³/mol. The van der Waals surface area contributed by atoms with E-state index >= 15 is 0 Å². The van der Waals surface area contributed by atoms with Gasteiger partial charge in [-0.2, -0.15) is 0 Å². The quantitative estimate of drug-likeness (QED) is 0.677. The zero-order valence-electron chi connectivity index (χ0n) is 9.80. The molecule has 4 bridgehead atoms. The van der Waals surface area contributed by atoms with Crippen LogP contribution in [0.25, 0.3) is 0 Å². The van der Waals surface area contributed by atoms with E-state index in [9.17, 15) is 9.18 Å². The van der Waals surface area contributed by atoms with Crippen molar-refractivity contribution >= 4 is 5.97 Å². The SMILES string of the molecule is CC(=O)OCC12CC3CC(CC(F)(C3)C1)C2. The number of alkyl halides is 1. The maximum Gasteiger partial charge on any atom is 0.302 e. The Hall–Kier alpha value is -0.600. The van der Waals surface area contributed by atoms with Gasteiger partial charge in [-0.1, -0.05) is 0 Å². The number of halogens is 1. The summed E-state index contributed by atoms with van der Waals surface area (Å²) in [5, 5.41) is 0. The maximum absolute atomic E-state index is 14.5. The summed E-state index contributed by atoms with van der Waals surface area (Å²) in [4.78, 5) is 10.9. The number of esters is 1. The summed E-state index contributed by atoms with van der Waals surface area (Å²) < 4.78 is 19.7. The second-order valence-corrected chi connectivity index (χ2v) is 6.39. The van der Waals surface area contributed by atoms with Crippen LogP contribution < -0.4 is 0 Å². The number of carbonyl (C=O) groups excluding carboxylic acids is 1. The highest BCUT2D eigenvalue weighted by Crippen LogP contribution is 2.62. The molecule has 0 aromatic heterocycles. The zero-order valence-corrected chi connectivity index (χ0v) is 9.80. The standard InChI is InChI=1S/C13H19FO2/c1-9(15)16-8-12-3-10-2-11(4-12)6-13(14,5-10)7-12/h10-11H,2-8H2,1H3. The summed E-state index contributed by atoms with van der Waals surface area (Å²) in [6.45, 7) is 1.88. The molecule has 4 fully saturated rings. The molecule has 2 nitrogen and oxygen atoms in total. The lowest BCUT2D eigenvalue weighted by Crippen LogP contribution is -2.55. The Bertz CT molecular complexity index is 312. The molecule has 0 N–H and O–H groups in total. The van der Waals surface area contributed by atoms with E-state index in [2.05, 4.69) is 0 Å². The Morgan fingerprint density at radius 3 is 2.44 bits per heavy atom. The fraction of sp³-hybridized carbons (Fsp3) is 0.923. The molecule has 0 spiro atoms. The van der Waals surface area contributed by atoms with E-state index in [1.54, 1.807) is 0 Å². The van der Waals surface area contributed by atoms with Crippen molar-refractivity contribution in [2.75, 3.05) is 6.61 Å². The minimum atomic E-state index is -0.940. The van der Waals surface area contributed by atoms with E-state index in [0.29, 0.717) is 24.9 Å². The Balaban J connectivity index is 1.78. The van der Waals surface area contributed by atoms with Gasteiger partial charge in [-0.05, 0) is 50.4 Å². The summed E-state index contributed by atoms with van der Waals surface area (Å²) in [5.41, 5.74) is -0.964. The molecule has 0 saturated heterocycles. The molecular formula is C13H19FO2. The molecule has 0 aromatic carbocycles. The van der Waals surface area contributed by atoms with Gasteiger partial charge in [0, 0.05) is 12.3 Å². The minimum Gasteiger partial charge on any atom is -0.465 e. The average molecular weight is 226 g/mol. The Kier molecular flexibility index (Phi) is 2.11. The van der Waals surface area contributed by atoms with Gasteiger partial charge in [0.1, 0.15) is 5.67 Å². The largest absolute Gasteiger partial charge is 0.465 e. The number of hydrogen-bond acceptors (Lipinski definition) is 2. The van der Waals surface area contributed by atoms with E-state index in [0.717, 1.165) is 25.7 Å². The van der Waals surface area contributed by atoms with E-state index in [1.165, 1.54) is 13.3 Å². The molecule has 90 valence electrons. The third-order valence-electron chi connectivity index (χ3n) is 4.69. The molecule has 0 radical (unpaired) electrons. The number of ether oxygens (including phenoxy) is 1. The lowest BCUT2D eigenvalue weighted by molar-refractivity contribution is -0.165. The second kappa shape index (κ2) is 3.21. The van der Waals surface area contributed by atoms with Crippen molar-refractivity contribution in [3.8, 4) is 0 Å². The summed E-state index contributed by atoms with van der Waals surface area (Å²) in [7, 11) is 0. The van der Waals surface area contributed by atoms with Gasteiger partial charge in [-0.25, -0.2) is 4.39 Å². The molecule has 0 heterocycles. The van der Waals surface area contributed by atoms with Crippen LogP contribution >= 0.6 is 0 Å². The van der Waals surface area contributed by atoms with Gasteiger partial charge >= 0.3 is 5.97 Å². The lowest BCUT2D eigenvalue weighted by Gasteiger charge is -2.58. The Labute approximate surface area is 95.5 Å². The van der Waals surface area contributed by atoms with Gasteiger partial charge in [0.05, 0.1) is 6.61 Å². The fourth-order valence-corrected chi connectivity index (χ4v) is 4.76. The van der Waals surface area contributed by atoms with Crippen LogP contribution in [0.5, 0.6) is 0 Å². The molecule has 4 aliphatic carbocycles. The number of rotatable bonds is 2. The van der Waals surface area contributed by atoms with Crippen molar-refractivity contribution in [1.29, 1.82) is 0 Å². The van der Waals surface area contributed by atoms with Gasteiger partial charge in [0.2, 0.25) is 0 Å². The van der Waals surface area contributed by atoms with E-state index in [4.69, 9.17) is 4.74 Å². The molecule has 0 aromatic rings. The summed E-state index contributed by atoms with van der Waals surface area (Å²) in [5.74, 6) is 0.854. The summed E-state index contributed by atoms with van der Waals surface area (Å²) >= 11 is 0. The van der Waals surface area contributed by atoms with Crippen molar-refractivity contribution < 1.29 is 13.9 Å². The molecule has 3 heteroatoms. The molecule has 4 rings (SSSR count). The van der Waals surface area contributed by atoms with Crippen molar-refractivity contribution in [2.24, 2.45) is 17.3 Å². The Morgan fingerprint density at radius 2 is 1.94 bits per heavy atom. The minimum absolute atomic E-state index is 0.0233. The van der Waals surface area contributed by atoms with Gasteiger partial charge in [-0.15, -0.1) is 0 Å². The van der Waals surface area contributed by atoms with Crippen molar-refractivity contribution in [1.82, 2.24) is 0 Å². The van der Waals surface area contributed by atoms with Crippen LogP contribution in [0.15, 0.2) is 0 Å². The van der Waals surface area contributed by atoms with Crippen LogP contribution in [0.2, 0.25) is 0 Å². The number of carbonyl (C=O) groups is 1. The summed E-state index contributed by atoms with van der Waals surface area (Å²) in [6, 6.07) is 0. The molecule has 2 unspecified atom stereocenters. The van der Waals surface area contributed by atoms with Crippen LogP contribution in [-0.2, 0) is 9.53 Å². The normalized spacial score (nSPS) is 49.4. The molecule has 16 heavy (non-hydrogen) atoms. The van der Waals surface area contributed by atoms with E-state index in [1.807, 2.05) is 0 Å². The first-order valence-electron chi connectivity index (χ1n) is 6.31. The molecule has 4 saturated carbocycles. The van der Waals surface area contributed by atoms with E-state index < -0.39 is 5.67 Å². The number of hydrogen-bond donors (Lipinski definition) is 0. The van der Waals surface area contributed by atoms with Crippen LogP contribution in [0, 0.1) is 17.3 Å². The molecule has 4 aliphatic rings. The zero-order chi connectivity index (χ0) is 11.4. The van der Waals surface area contributed by atoms with Crippen LogP contribution in [0.1, 0.15) is 45.4 Å². The Morgan fingerprint density at radius 1 is 1.31 bits per heavy atom. The highest BCUT2D eigenvalue weighted by molar-refractivity contribution is 5.65. The summed E-state index contributed by atoms with van der Waals surface area (Å²) in [6.07, 6.45) is 5.48. The van der Waals surface area contributed by atoms with Gasteiger partial charge in [-0.3, -0.25) is 4.79 Å². The first-order valence-corrected chi connectivity index (χ1v) is 6.31. The van der Waals surface area contributed by atoms with Gasteiger partial charge < -0.3 is 4.74 Å². The maximum atomic E-state index is 14.5. The topological polar surface area (TPSA) is 26.3 Å². The third kappa shape index (κ3) is 1.64. The molecule has 2 atom stereocenters. The molecule has 0 amide bonds. The van der Waals surface area contributed by atoms with Gasteiger partial charge in [0.15, 0.2) is 0 Å². The van der Waals surface area contributed by atoms with Crippen LogP contribution in [0.3, 0.4) is 0 Å². The molecule has 0 aliphatic heterocycles. The first-order chi connectivity index (χ1) is 7.49. The third-order valence-corrected chi connectivity index (χ3v) is 4.69. The van der Waals surface area contributed by atoms with E-state index in [-0.39, 0.29) is 11.4 Å².